The topological polar surface area (TPSA) is 70.7 Å². The first kappa shape index (κ1) is 20.2. The van der Waals surface area contributed by atoms with E-state index in [0.29, 0.717) is 25.9 Å². The number of benzene rings is 1. The zero-order valence-electron chi connectivity index (χ0n) is 14.0. The summed E-state index contributed by atoms with van der Waals surface area (Å²) in [6.45, 7) is 2.86. The zero-order valence-corrected chi connectivity index (χ0v) is 14.8. The van der Waals surface area contributed by atoms with Gasteiger partial charge in [0, 0.05) is 19.1 Å². The number of alkyl halides is 3. The maximum absolute atomic E-state index is 12.8. The molecule has 0 atom stereocenters. The lowest BCUT2D eigenvalue weighted by atomic mass is 10.1. The molecule has 144 valence electrons. The fraction of sp³-hybridized carbons (Fsp3) is 0.500. The van der Waals surface area contributed by atoms with E-state index in [1.54, 1.807) is 11.8 Å². The van der Waals surface area contributed by atoms with E-state index in [1.165, 1.54) is 0 Å². The van der Waals surface area contributed by atoms with Crippen LogP contribution in [0.2, 0.25) is 5.02 Å². The average molecular weight is 394 g/mol. The number of anilines is 1. The van der Waals surface area contributed by atoms with Gasteiger partial charge in [-0.25, -0.2) is 9.59 Å². The highest BCUT2D eigenvalue weighted by molar-refractivity contribution is 6.33. The Morgan fingerprint density at radius 2 is 1.96 bits per heavy atom. The fourth-order valence-corrected chi connectivity index (χ4v) is 2.73. The monoisotopic (exact) mass is 393 g/mol. The number of piperidine rings is 1. The summed E-state index contributed by atoms with van der Waals surface area (Å²) in [6, 6.07) is 1.85. The Kier molecular flexibility index (Phi) is 6.57. The molecule has 2 rings (SSSR count). The van der Waals surface area contributed by atoms with Gasteiger partial charge in [-0.2, -0.15) is 13.2 Å². The van der Waals surface area contributed by atoms with Gasteiger partial charge in [-0.05, 0) is 38.0 Å². The third-order valence-electron chi connectivity index (χ3n) is 3.90. The van der Waals surface area contributed by atoms with Crippen LogP contribution in [-0.2, 0) is 10.9 Å². The number of nitrogens with zero attached hydrogens (tertiary/aromatic N) is 1. The van der Waals surface area contributed by atoms with Crippen LogP contribution in [0.1, 0.15) is 25.3 Å². The van der Waals surface area contributed by atoms with Crippen molar-refractivity contribution in [2.75, 3.05) is 25.0 Å². The first-order valence-electron chi connectivity index (χ1n) is 8.06. The summed E-state index contributed by atoms with van der Waals surface area (Å²) in [6.07, 6.45) is -3.89. The first-order valence-corrected chi connectivity index (χ1v) is 8.44. The lowest BCUT2D eigenvalue weighted by molar-refractivity contribution is -0.137. The van der Waals surface area contributed by atoms with Crippen molar-refractivity contribution in [3.63, 3.8) is 0 Å². The van der Waals surface area contributed by atoms with E-state index >= 15 is 0 Å². The van der Waals surface area contributed by atoms with Crippen molar-refractivity contribution in [3.8, 4) is 0 Å². The summed E-state index contributed by atoms with van der Waals surface area (Å²) in [5, 5.41) is 5.02. The van der Waals surface area contributed by atoms with Crippen LogP contribution in [0, 0.1) is 0 Å². The standard InChI is InChI=1S/C16H19ClF3N3O3/c1-2-26-15(25)23-7-5-11(6-8-23)21-14(24)22-13-9-10(16(18,19)20)3-4-12(13)17/h3-4,9,11H,2,5-8H2,1H3,(H2,21,22,24). The second-order valence-corrected chi connectivity index (χ2v) is 6.16. The molecule has 0 aromatic heterocycles. The number of carbonyl (C=O) groups excluding carboxylic acids is 2. The van der Waals surface area contributed by atoms with Crippen molar-refractivity contribution in [2.24, 2.45) is 0 Å². The van der Waals surface area contributed by atoms with Crippen LogP contribution in [-0.4, -0.2) is 42.8 Å². The minimum Gasteiger partial charge on any atom is -0.450 e. The molecular weight excluding hydrogens is 375 g/mol. The molecule has 1 aliphatic heterocycles. The Morgan fingerprint density at radius 1 is 1.31 bits per heavy atom. The van der Waals surface area contributed by atoms with Crippen molar-refractivity contribution < 1.29 is 27.5 Å². The van der Waals surface area contributed by atoms with E-state index in [0.717, 1.165) is 18.2 Å². The van der Waals surface area contributed by atoms with Gasteiger partial charge < -0.3 is 20.3 Å². The highest BCUT2D eigenvalue weighted by atomic mass is 35.5. The highest BCUT2D eigenvalue weighted by Crippen LogP contribution is 2.33. The number of carbonyl (C=O) groups is 2. The summed E-state index contributed by atoms with van der Waals surface area (Å²) in [7, 11) is 0. The molecular formula is C16H19ClF3N3O3. The molecule has 26 heavy (non-hydrogen) atoms. The second kappa shape index (κ2) is 8.48. The number of urea groups is 1. The molecule has 3 amide bonds. The molecule has 6 nitrogen and oxygen atoms in total. The van der Waals surface area contributed by atoms with Gasteiger partial charge in [0.25, 0.3) is 0 Å². The van der Waals surface area contributed by atoms with E-state index in [9.17, 15) is 22.8 Å². The number of rotatable bonds is 3. The molecule has 2 N–H and O–H groups in total. The minimum absolute atomic E-state index is 0.00489. The Labute approximate surface area is 153 Å². The van der Waals surface area contributed by atoms with Gasteiger partial charge in [-0.3, -0.25) is 0 Å². The van der Waals surface area contributed by atoms with Crippen molar-refractivity contribution in [1.82, 2.24) is 10.2 Å². The minimum atomic E-state index is -4.53. The number of ether oxygens (including phenoxy) is 1. The number of nitrogens with one attached hydrogen (secondary N) is 2. The van der Waals surface area contributed by atoms with Gasteiger partial charge >= 0.3 is 18.3 Å². The second-order valence-electron chi connectivity index (χ2n) is 5.75. The molecule has 0 bridgehead atoms. The smallest absolute Gasteiger partial charge is 0.416 e. The van der Waals surface area contributed by atoms with Gasteiger partial charge in [0.1, 0.15) is 0 Å². The SMILES string of the molecule is CCOC(=O)N1CCC(NC(=O)Nc2cc(C(F)(F)F)ccc2Cl)CC1. The molecule has 1 aromatic rings. The quantitative estimate of drug-likeness (QED) is 0.812. The van der Waals surface area contributed by atoms with Crippen LogP contribution < -0.4 is 10.6 Å². The Morgan fingerprint density at radius 3 is 2.54 bits per heavy atom. The molecule has 1 fully saturated rings. The molecule has 1 aromatic carbocycles. The van der Waals surface area contributed by atoms with Crippen LogP contribution in [0.4, 0.5) is 28.4 Å². The molecule has 1 aliphatic rings. The van der Waals surface area contributed by atoms with Crippen LogP contribution in [0.5, 0.6) is 0 Å². The zero-order chi connectivity index (χ0) is 19.3. The van der Waals surface area contributed by atoms with Crippen molar-refractivity contribution >= 4 is 29.4 Å². The highest BCUT2D eigenvalue weighted by Gasteiger charge is 2.31. The van der Waals surface area contributed by atoms with Crippen molar-refractivity contribution in [3.05, 3.63) is 28.8 Å². The van der Waals surface area contributed by atoms with E-state index < -0.39 is 23.9 Å². The molecule has 0 saturated carbocycles. The number of hydrogen-bond donors (Lipinski definition) is 2. The molecule has 0 radical (unpaired) electrons. The maximum Gasteiger partial charge on any atom is 0.416 e. The Hall–Kier alpha value is -2.16. The lowest BCUT2D eigenvalue weighted by Crippen LogP contribution is -2.47. The van der Waals surface area contributed by atoms with Gasteiger partial charge in [-0.1, -0.05) is 11.6 Å². The normalized spacial score (nSPS) is 15.5. The van der Waals surface area contributed by atoms with Gasteiger partial charge in [0.05, 0.1) is 22.9 Å². The Bertz CT molecular complexity index is 662. The molecule has 0 unspecified atom stereocenters. The van der Waals surface area contributed by atoms with Gasteiger partial charge in [0.15, 0.2) is 0 Å². The van der Waals surface area contributed by atoms with Gasteiger partial charge in [0.2, 0.25) is 0 Å². The molecule has 1 saturated heterocycles. The summed E-state index contributed by atoms with van der Waals surface area (Å²) in [5.74, 6) is 0. The largest absolute Gasteiger partial charge is 0.450 e. The van der Waals surface area contributed by atoms with E-state index in [-0.39, 0.29) is 23.4 Å². The van der Waals surface area contributed by atoms with Crippen molar-refractivity contribution in [2.45, 2.75) is 32.0 Å². The predicted octanol–water partition coefficient (Wildman–Crippen LogP) is 4.10. The summed E-state index contributed by atoms with van der Waals surface area (Å²) in [5.41, 5.74) is -1.03. The molecule has 0 spiro atoms. The third kappa shape index (κ3) is 5.42. The van der Waals surface area contributed by atoms with E-state index in [1.807, 2.05) is 0 Å². The van der Waals surface area contributed by atoms with Crippen LogP contribution in [0.15, 0.2) is 18.2 Å². The number of likely N-dealkylation sites (tertiary alicyclic amines) is 1. The first-order chi connectivity index (χ1) is 12.2. The number of amides is 3. The Balaban J connectivity index is 1.89. The summed E-state index contributed by atoms with van der Waals surface area (Å²) in [4.78, 5) is 25.2. The predicted molar refractivity (Wildman–Crippen MR) is 90.2 cm³/mol. The average Bonchev–Trinajstić information content (AvgIpc) is 2.56. The summed E-state index contributed by atoms with van der Waals surface area (Å²) >= 11 is 5.85. The molecule has 1 heterocycles. The van der Waals surface area contributed by atoms with E-state index in [2.05, 4.69) is 10.6 Å². The third-order valence-corrected chi connectivity index (χ3v) is 4.23. The van der Waals surface area contributed by atoms with Gasteiger partial charge in [-0.15, -0.1) is 0 Å². The van der Waals surface area contributed by atoms with Crippen LogP contribution >= 0.6 is 11.6 Å². The number of halogens is 4. The molecule has 10 heteroatoms. The van der Waals surface area contributed by atoms with E-state index in [4.69, 9.17) is 16.3 Å². The number of hydrogen-bond acceptors (Lipinski definition) is 3. The summed E-state index contributed by atoms with van der Waals surface area (Å²) < 4.78 is 43.2. The maximum atomic E-state index is 12.8. The lowest BCUT2D eigenvalue weighted by Gasteiger charge is -2.31. The molecule has 0 aliphatic carbocycles. The van der Waals surface area contributed by atoms with Crippen molar-refractivity contribution in [1.29, 1.82) is 0 Å². The fourth-order valence-electron chi connectivity index (χ4n) is 2.56. The van der Waals surface area contributed by atoms with Crippen LogP contribution in [0.25, 0.3) is 0 Å². The van der Waals surface area contributed by atoms with Crippen LogP contribution in [0.3, 0.4) is 0 Å².